The Morgan fingerprint density at radius 1 is 1.29 bits per heavy atom. The molecule has 1 N–H and O–H groups in total. The lowest BCUT2D eigenvalue weighted by Gasteiger charge is -1.99. The van der Waals surface area contributed by atoms with E-state index < -0.39 is 17.2 Å². The van der Waals surface area contributed by atoms with Crippen molar-refractivity contribution >= 4 is 10.9 Å². The fraction of sp³-hybridized carbons (Fsp3) is 0.111. The zero-order chi connectivity index (χ0) is 10.3. The molecular formula is C9H6F2N2O. The van der Waals surface area contributed by atoms with Gasteiger partial charge in [-0.25, -0.2) is 13.8 Å². The highest BCUT2D eigenvalue weighted by atomic mass is 19.2. The van der Waals surface area contributed by atoms with Crippen LogP contribution in [0.4, 0.5) is 8.78 Å². The van der Waals surface area contributed by atoms with Gasteiger partial charge in [0.05, 0.1) is 10.9 Å². The van der Waals surface area contributed by atoms with Crippen molar-refractivity contribution in [3.63, 3.8) is 0 Å². The topological polar surface area (TPSA) is 45.8 Å². The molecule has 1 heterocycles. The maximum atomic E-state index is 12.8. The van der Waals surface area contributed by atoms with Crippen LogP contribution in [0, 0.1) is 18.6 Å². The number of fused-ring (bicyclic) bond motifs is 1. The van der Waals surface area contributed by atoms with E-state index in [-0.39, 0.29) is 10.9 Å². The number of hydrogen-bond acceptors (Lipinski definition) is 2. The van der Waals surface area contributed by atoms with Crippen LogP contribution in [0.5, 0.6) is 0 Å². The van der Waals surface area contributed by atoms with Crippen LogP contribution in [-0.4, -0.2) is 9.97 Å². The van der Waals surface area contributed by atoms with Gasteiger partial charge < -0.3 is 4.98 Å². The molecule has 1 aromatic heterocycles. The fourth-order valence-electron chi connectivity index (χ4n) is 1.25. The average Bonchev–Trinajstić information content (AvgIpc) is 2.08. The maximum Gasteiger partial charge on any atom is 0.258 e. The predicted octanol–water partition coefficient (Wildman–Crippen LogP) is 1.51. The summed E-state index contributed by atoms with van der Waals surface area (Å²) in [7, 11) is 0. The second kappa shape index (κ2) is 2.87. The van der Waals surface area contributed by atoms with E-state index in [9.17, 15) is 13.6 Å². The molecule has 0 aliphatic heterocycles. The van der Waals surface area contributed by atoms with Crippen molar-refractivity contribution in [2.75, 3.05) is 0 Å². The molecule has 0 aliphatic carbocycles. The number of aromatic amines is 1. The molecule has 0 radical (unpaired) electrons. The molecule has 0 unspecified atom stereocenters. The largest absolute Gasteiger partial charge is 0.310 e. The van der Waals surface area contributed by atoms with Gasteiger partial charge in [-0.1, -0.05) is 0 Å². The standard InChI is InChI=1S/C9H6F2N2O/c1-4-12-8-3-7(11)6(10)2-5(8)9(14)13-4/h2-3H,1H3,(H,12,13,14). The third-order valence-corrected chi connectivity index (χ3v) is 1.87. The second-order valence-electron chi connectivity index (χ2n) is 2.93. The highest BCUT2D eigenvalue weighted by Gasteiger charge is 2.07. The lowest BCUT2D eigenvalue weighted by molar-refractivity contribution is 0.510. The van der Waals surface area contributed by atoms with Crippen LogP contribution in [0.3, 0.4) is 0 Å². The van der Waals surface area contributed by atoms with Crippen molar-refractivity contribution in [2.24, 2.45) is 0 Å². The molecule has 0 aliphatic rings. The number of rotatable bonds is 0. The molecule has 0 fully saturated rings. The number of H-pyrrole nitrogens is 1. The van der Waals surface area contributed by atoms with E-state index in [2.05, 4.69) is 9.97 Å². The summed E-state index contributed by atoms with van der Waals surface area (Å²) in [5.41, 5.74) is -0.309. The van der Waals surface area contributed by atoms with Crippen LogP contribution in [0.15, 0.2) is 16.9 Å². The Labute approximate surface area is 77.4 Å². The summed E-state index contributed by atoms with van der Waals surface area (Å²) in [4.78, 5) is 17.6. The van der Waals surface area contributed by atoms with Crippen LogP contribution in [0.1, 0.15) is 5.82 Å². The molecule has 2 rings (SSSR count). The molecule has 0 spiro atoms. The summed E-state index contributed by atoms with van der Waals surface area (Å²) in [5, 5.41) is 0.0505. The van der Waals surface area contributed by atoms with Gasteiger partial charge in [0.2, 0.25) is 0 Å². The molecule has 72 valence electrons. The lowest BCUT2D eigenvalue weighted by Crippen LogP contribution is -2.10. The maximum absolute atomic E-state index is 12.8. The number of nitrogens with one attached hydrogen (secondary N) is 1. The Bertz CT molecular complexity index is 562. The van der Waals surface area contributed by atoms with E-state index in [0.29, 0.717) is 5.82 Å². The summed E-state index contributed by atoms with van der Waals surface area (Å²) < 4.78 is 25.6. The zero-order valence-electron chi connectivity index (χ0n) is 7.27. The van der Waals surface area contributed by atoms with Crippen LogP contribution in [0.25, 0.3) is 10.9 Å². The Morgan fingerprint density at radius 3 is 2.64 bits per heavy atom. The van der Waals surface area contributed by atoms with Crippen molar-refractivity contribution < 1.29 is 8.78 Å². The van der Waals surface area contributed by atoms with E-state index in [4.69, 9.17) is 0 Å². The van der Waals surface area contributed by atoms with E-state index in [1.165, 1.54) is 0 Å². The minimum atomic E-state index is -1.05. The first-order valence-electron chi connectivity index (χ1n) is 3.93. The number of nitrogens with zero attached hydrogens (tertiary/aromatic N) is 1. The summed E-state index contributed by atoms with van der Waals surface area (Å²) in [5.74, 6) is -1.68. The first-order chi connectivity index (χ1) is 6.58. The summed E-state index contributed by atoms with van der Waals surface area (Å²) in [6, 6.07) is 1.75. The highest BCUT2D eigenvalue weighted by molar-refractivity contribution is 5.77. The van der Waals surface area contributed by atoms with Gasteiger partial charge >= 0.3 is 0 Å². The van der Waals surface area contributed by atoms with Crippen molar-refractivity contribution in [1.29, 1.82) is 0 Å². The molecule has 0 saturated heterocycles. The van der Waals surface area contributed by atoms with Crippen molar-refractivity contribution in [3.05, 3.63) is 39.9 Å². The Hall–Kier alpha value is -1.78. The van der Waals surface area contributed by atoms with E-state index in [1.807, 2.05) is 0 Å². The average molecular weight is 196 g/mol. The van der Waals surface area contributed by atoms with Crippen molar-refractivity contribution in [1.82, 2.24) is 9.97 Å². The number of aryl methyl sites for hydroxylation is 1. The van der Waals surface area contributed by atoms with Crippen molar-refractivity contribution in [2.45, 2.75) is 6.92 Å². The van der Waals surface area contributed by atoms with Crippen LogP contribution in [0.2, 0.25) is 0 Å². The lowest BCUT2D eigenvalue weighted by atomic mass is 10.2. The summed E-state index contributed by atoms with van der Waals surface area (Å²) in [6.45, 7) is 1.57. The Kier molecular flexibility index (Phi) is 1.80. The molecule has 5 heteroatoms. The van der Waals surface area contributed by atoms with Crippen LogP contribution < -0.4 is 5.56 Å². The minimum absolute atomic E-state index is 0.0505. The van der Waals surface area contributed by atoms with Gasteiger partial charge in [0.25, 0.3) is 5.56 Å². The molecule has 3 nitrogen and oxygen atoms in total. The molecule has 14 heavy (non-hydrogen) atoms. The second-order valence-corrected chi connectivity index (χ2v) is 2.93. The van der Waals surface area contributed by atoms with Gasteiger partial charge in [-0.3, -0.25) is 4.79 Å². The molecule has 0 amide bonds. The third-order valence-electron chi connectivity index (χ3n) is 1.87. The fourth-order valence-corrected chi connectivity index (χ4v) is 1.25. The zero-order valence-corrected chi connectivity index (χ0v) is 7.27. The SMILES string of the molecule is Cc1nc2cc(F)c(F)cc2c(=O)[nH]1. The van der Waals surface area contributed by atoms with E-state index in [1.54, 1.807) is 6.92 Å². The first-order valence-corrected chi connectivity index (χ1v) is 3.93. The minimum Gasteiger partial charge on any atom is -0.310 e. The van der Waals surface area contributed by atoms with E-state index >= 15 is 0 Å². The van der Waals surface area contributed by atoms with Gasteiger partial charge in [0.1, 0.15) is 5.82 Å². The number of aromatic nitrogens is 2. The number of benzene rings is 1. The van der Waals surface area contributed by atoms with Gasteiger partial charge in [-0.15, -0.1) is 0 Å². The van der Waals surface area contributed by atoms with Gasteiger partial charge in [-0.2, -0.15) is 0 Å². The van der Waals surface area contributed by atoms with Gasteiger partial charge in [0.15, 0.2) is 11.6 Å². The van der Waals surface area contributed by atoms with E-state index in [0.717, 1.165) is 12.1 Å². The Balaban J connectivity index is 2.96. The van der Waals surface area contributed by atoms with Crippen LogP contribution >= 0.6 is 0 Å². The molecule has 1 aromatic carbocycles. The molecule has 0 bridgehead atoms. The first kappa shape index (κ1) is 8.80. The van der Waals surface area contributed by atoms with Crippen molar-refractivity contribution in [3.8, 4) is 0 Å². The molecule has 0 saturated carbocycles. The number of hydrogen-bond donors (Lipinski definition) is 1. The molecule has 0 atom stereocenters. The quantitative estimate of drug-likeness (QED) is 0.694. The van der Waals surface area contributed by atoms with Crippen LogP contribution in [-0.2, 0) is 0 Å². The monoisotopic (exact) mass is 196 g/mol. The smallest absolute Gasteiger partial charge is 0.258 e. The third kappa shape index (κ3) is 1.26. The molecule has 2 aromatic rings. The van der Waals surface area contributed by atoms with Gasteiger partial charge in [-0.05, 0) is 13.0 Å². The molecular weight excluding hydrogens is 190 g/mol. The predicted molar refractivity (Wildman–Crippen MR) is 47.0 cm³/mol. The van der Waals surface area contributed by atoms with Gasteiger partial charge in [0, 0.05) is 6.07 Å². The highest BCUT2D eigenvalue weighted by Crippen LogP contribution is 2.12. The number of halogens is 2. The summed E-state index contributed by atoms with van der Waals surface area (Å²) in [6.07, 6.45) is 0. The normalized spacial score (nSPS) is 10.8. The summed E-state index contributed by atoms with van der Waals surface area (Å²) >= 11 is 0. The Morgan fingerprint density at radius 2 is 1.93 bits per heavy atom.